The van der Waals surface area contributed by atoms with Gasteiger partial charge in [0, 0.05) is 14.5 Å². The highest BCUT2D eigenvalue weighted by molar-refractivity contribution is 9.11. The van der Waals surface area contributed by atoms with Crippen molar-refractivity contribution in [3.63, 3.8) is 0 Å². The molecular formula is C13H16Br2N4O. The van der Waals surface area contributed by atoms with Crippen LogP contribution in [0.15, 0.2) is 31.6 Å². The molecule has 0 atom stereocenters. The van der Waals surface area contributed by atoms with Gasteiger partial charge in [-0.25, -0.2) is 0 Å². The van der Waals surface area contributed by atoms with Crippen molar-refractivity contribution < 1.29 is 4.42 Å². The molecule has 108 valence electrons. The second kappa shape index (κ2) is 6.24. The van der Waals surface area contributed by atoms with E-state index >= 15 is 0 Å². The van der Waals surface area contributed by atoms with Crippen LogP contribution in [-0.2, 0) is 6.54 Å². The zero-order valence-corrected chi connectivity index (χ0v) is 14.7. The largest absolute Gasteiger partial charge is 0.406 e. The zero-order chi connectivity index (χ0) is 14.8. The lowest BCUT2D eigenvalue weighted by Crippen LogP contribution is -2.35. The van der Waals surface area contributed by atoms with Crippen LogP contribution in [0.25, 0.3) is 0 Å². The minimum atomic E-state index is 0.00931. The van der Waals surface area contributed by atoms with E-state index in [0.29, 0.717) is 18.5 Å². The summed E-state index contributed by atoms with van der Waals surface area (Å²) in [4.78, 5) is 0. The van der Waals surface area contributed by atoms with E-state index in [1.54, 1.807) is 0 Å². The molecule has 0 fully saturated rings. The zero-order valence-electron chi connectivity index (χ0n) is 11.5. The van der Waals surface area contributed by atoms with E-state index in [2.05, 4.69) is 73.5 Å². The molecule has 0 radical (unpaired) electrons. The van der Waals surface area contributed by atoms with Crippen molar-refractivity contribution in [3.8, 4) is 0 Å². The molecular weight excluding hydrogens is 388 g/mol. The molecule has 1 aromatic carbocycles. The average molecular weight is 404 g/mol. The summed E-state index contributed by atoms with van der Waals surface area (Å²) in [6.45, 7) is 6.79. The number of aromatic nitrogens is 2. The van der Waals surface area contributed by atoms with Crippen molar-refractivity contribution in [1.82, 2.24) is 15.5 Å². The average Bonchev–Trinajstić information content (AvgIpc) is 2.78. The van der Waals surface area contributed by atoms with E-state index in [-0.39, 0.29) is 5.54 Å². The number of nitrogens with zero attached hydrogens (tertiary/aromatic N) is 2. The Morgan fingerprint density at radius 2 is 1.95 bits per heavy atom. The van der Waals surface area contributed by atoms with E-state index in [1.807, 2.05) is 18.2 Å². The molecule has 0 saturated carbocycles. The lowest BCUT2D eigenvalue weighted by atomic mass is 10.1. The molecule has 0 aliphatic carbocycles. The van der Waals surface area contributed by atoms with Gasteiger partial charge < -0.3 is 15.1 Å². The Labute approximate surface area is 134 Å². The van der Waals surface area contributed by atoms with E-state index in [9.17, 15) is 0 Å². The highest BCUT2D eigenvalue weighted by Gasteiger charge is 2.12. The Balaban J connectivity index is 2.04. The number of hydrogen-bond donors (Lipinski definition) is 2. The second-order valence-electron chi connectivity index (χ2n) is 5.35. The first kappa shape index (κ1) is 15.5. The number of benzene rings is 1. The van der Waals surface area contributed by atoms with Crippen molar-refractivity contribution in [2.24, 2.45) is 0 Å². The molecule has 0 amide bonds. The summed E-state index contributed by atoms with van der Waals surface area (Å²) in [5.74, 6) is 0.550. The molecule has 0 bridgehead atoms. The molecule has 0 unspecified atom stereocenters. The lowest BCUT2D eigenvalue weighted by molar-refractivity contribution is 0.384. The van der Waals surface area contributed by atoms with E-state index in [1.165, 1.54) is 0 Å². The molecule has 7 heteroatoms. The Bertz CT molecular complexity index is 592. The first-order chi connectivity index (χ1) is 9.33. The summed E-state index contributed by atoms with van der Waals surface area (Å²) in [6.07, 6.45) is 0. The van der Waals surface area contributed by atoms with Crippen LogP contribution < -0.4 is 10.6 Å². The van der Waals surface area contributed by atoms with Crippen LogP contribution >= 0.6 is 31.9 Å². The van der Waals surface area contributed by atoms with Crippen LogP contribution in [0.5, 0.6) is 0 Å². The van der Waals surface area contributed by atoms with Gasteiger partial charge in [-0.3, -0.25) is 0 Å². The summed E-state index contributed by atoms with van der Waals surface area (Å²) >= 11 is 6.89. The van der Waals surface area contributed by atoms with Gasteiger partial charge >= 0.3 is 6.01 Å². The summed E-state index contributed by atoms with van der Waals surface area (Å²) in [7, 11) is 0. The third-order valence-corrected chi connectivity index (χ3v) is 3.59. The van der Waals surface area contributed by atoms with E-state index in [0.717, 1.165) is 14.6 Å². The highest BCUT2D eigenvalue weighted by atomic mass is 79.9. The predicted molar refractivity (Wildman–Crippen MR) is 86.0 cm³/mol. The van der Waals surface area contributed by atoms with Gasteiger partial charge in [0.2, 0.25) is 5.89 Å². The molecule has 5 nitrogen and oxygen atoms in total. The molecule has 20 heavy (non-hydrogen) atoms. The molecule has 0 saturated heterocycles. The van der Waals surface area contributed by atoms with Gasteiger partial charge in [-0.15, -0.1) is 5.10 Å². The van der Waals surface area contributed by atoms with Crippen molar-refractivity contribution in [2.75, 3.05) is 5.32 Å². The van der Waals surface area contributed by atoms with Crippen LogP contribution in [-0.4, -0.2) is 15.7 Å². The van der Waals surface area contributed by atoms with Crippen molar-refractivity contribution in [2.45, 2.75) is 32.9 Å². The third-order valence-electron chi connectivity index (χ3n) is 2.41. The Hall–Kier alpha value is -0.920. The molecule has 2 aromatic rings. The third kappa shape index (κ3) is 4.57. The molecule has 0 aliphatic heterocycles. The van der Waals surface area contributed by atoms with Gasteiger partial charge in [0.1, 0.15) is 0 Å². The monoisotopic (exact) mass is 402 g/mol. The summed E-state index contributed by atoms with van der Waals surface area (Å²) in [5, 5.41) is 14.4. The van der Waals surface area contributed by atoms with Crippen molar-refractivity contribution in [3.05, 3.63) is 33.0 Å². The van der Waals surface area contributed by atoms with Crippen LogP contribution in [0.4, 0.5) is 11.7 Å². The summed E-state index contributed by atoms with van der Waals surface area (Å²) in [6, 6.07) is 6.18. The second-order valence-corrected chi connectivity index (χ2v) is 7.12. The van der Waals surface area contributed by atoms with Gasteiger partial charge in [-0.1, -0.05) is 21.0 Å². The molecule has 0 spiro atoms. The molecule has 1 aromatic heterocycles. The summed E-state index contributed by atoms with van der Waals surface area (Å²) < 4.78 is 7.44. The maximum absolute atomic E-state index is 5.55. The van der Waals surface area contributed by atoms with Crippen LogP contribution in [0, 0.1) is 0 Å². The smallest absolute Gasteiger partial charge is 0.320 e. The van der Waals surface area contributed by atoms with E-state index < -0.39 is 0 Å². The van der Waals surface area contributed by atoms with Crippen LogP contribution in [0.1, 0.15) is 26.7 Å². The van der Waals surface area contributed by atoms with Gasteiger partial charge in [0.15, 0.2) is 0 Å². The predicted octanol–water partition coefficient (Wildman–Crippen LogP) is 4.23. The number of hydrogen-bond acceptors (Lipinski definition) is 5. The normalized spacial score (nSPS) is 11.7. The first-order valence-electron chi connectivity index (χ1n) is 6.13. The molecule has 0 aliphatic rings. The Kier molecular flexibility index (Phi) is 4.82. The standard InChI is InChI=1S/C13H16Br2N4O/c1-13(2,3)16-7-11-18-19-12(20-11)17-10-6-8(14)4-5-9(10)15/h4-6,16H,7H2,1-3H3,(H,17,19). The van der Waals surface area contributed by atoms with Gasteiger partial charge in [-0.2, -0.15) is 0 Å². The van der Waals surface area contributed by atoms with Crippen molar-refractivity contribution in [1.29, 1.82) is 0 Å². The fraction of sp³-hybridized carbons (Fsp3) is 0.385. The maximum atomic E-state index is 5.55. The number of nitrogens with one attached hydrogen (secondary N) is 2. The van der Waals surface area contributed by atoms with Crippen LogP contribution in [0.3, 0.4) is 0 Å². The minimum Gasteiger partial charge on any atom is -0.406 e. The number of halogens is 2. The fourth-order valence-electron chi connectivity index (χ4n) is 1.42. The highest BCUT2D eigenvalue weighted by Crippen LogP contribution is 2.28. The molecule has 2 N–H and O–H groups in total. The number of rotatable bonds is 4. The Morgan fingerprint density at radius 3 is 2.65 bits per heavy atom. The van der Waals surface area contributed by atoms with Gasteiger partial charge in [-0.05, 0) is 54.9 Å². The number of anilines is 2. The topological polar surface area (TPSA) is 63.0 Å². The van der Waals surface area contributed by atoms with Crippen LogP contribution in [0.2, 0.25) is 0 Å². The fourth-order valence-corrected chi connectivity index (χ4v) is 2.13. The quantitative estimate of drug-likeness (QED) is 0.799. The molecule has 1 heterocycles. The minimum absolute atomic E-state index is 0.00931. The molecule has 2 rings (SSSR count). The maximum Gasteiger partial charge on any atom is 0.320 e. The lowest BCUT2D eigenvalue weighted by Gasteiger charge is -2.18. The van der Waals surface area contributed by atoms with Gasteiger partial charge in [0.05, 0.1) is 12.2 Å². The SMILES string of the molecule is CC(C)(C)NCc1nnc(Nc2cc(Br)ccc2Br)o1. The van der Waals surface area contributed by atoms with Gasteiger partial charge in [0.25, 0.3) is 0 Å². The van der Waals surface area contributed by atoms with Crippen molar-refractivity contribution >= 4 is 43.6 Å². The summed E-state index contributed by atoms with van der Waals surface area (Å²) in [5.41, 5.74) is 0.869. The first-order valence-corrected chi connectivity index (χ1v) is 7.71. The van der Waals surface area contributed by atoms with E-state index in [4.69, 9.17) is 4.42 Å². The Morgan fingerprint density at radius 1 is 1.20 bits per heavy atom.